The van der Waals surface area contributed by atoms with E-state index in [1.807, 2.05) is 62.6 Å². The third-order valence-electron chi connectivity index (χ3n) is 4.31. The number of quaternary nitrogens is 1. The van der Waals surface area contributed by atoms with Crippen molar-refractivity contribution >= 4 is 17.4 Å². The Labute approximate surface area is 141 Å². The lowest BCUT2D eigenvalue weighted by Gasteiger charge is -2.11. The minimum absolute atomic E-state index is 0.0200. The van der Waals surface area contributed by atoms with E-state index in [2.05, 4.69) is 0 Å². The Morgan fingerprint density at radius 2 is 1.29 bits per heavy atom. The summed E-state index contributed by atoms with van der Waals surface area (Å²) in [6.07, 6.45) is 0. The third kappa shape index (κ3) is 2.63. The zero-order valence-corrected chi connectivity index (χ0v) is 14.3. The van der Waals surface area contributed by atoms with Gasteiger partial charge in [0.15, 0.2) is 5.70 Å². The summed E-state index contributed by atoms with van der Waals surface area (Å²) < 4.78 is 10.4. The summed E-state index contributed by atoms with van der Waals surface area (Å²) in [7, 11) is 6.96. The van der Waals surface area contributed by atoms with Crippen molar-refractivity contribution in [3.05, 3.63) is 59.7 Å². The first-order valence-electron chi connectivity index (χ1n) is 7.72. The minimum Gasteiger partial charge on any atom is -0.497 e. The zero-order chi connectivity index (χ0) is 17.3. The Bertz CT molecular complexity index is 714. The largest absolute Gasteiger partial charge is 0.497 e. The van der Waals surface area contributed by atoms with Crippen molar-refractivity contribution in [2.75, 3.05) is 28.3 Å². The zero-order valence-electron chi connectivity index (χ0n) is 14.3. The van der Waals surface area contributed by atoms with E-state index in [1.54, 1.807) is 19.1 Å². The van der Waals surface area contributed by atoms with Gasteiger partial charge < -0.3 is 9.47 Å². The van der Waals surface area contributed by atoms with Crippen LogP contribution in [0.3, 0.4) is 0 Å². The molecular weight excluding hydrogens is 304 g/mol. The average molecular weight is 325 g/mol. The van der Waals surface area contributed by atoms with E-state index in [1.165, 1.54) is 0 Å². The smallest absolute Gasteiger partial charge is 0.426 e. The molecule has 0 radical (unpaired) electrons. The van der Waals surface area contributed by atoms with E-state index in [4.69, 9.17) is 9.47 Å². The van der Waals surface area contributed by atoms with Gasteiger partial charge in [0, 0.05) is 18.2 Å². The predicted octanol–water partition coefficient (Wildman–Crippen LogP) is 2.11. The molecule has 2 aromatic carbocycles. The molecular formula is C19H21N2O3+. The highest BCUT2D eigenvalue weighted by Crippen LogP contribution is 2.30. The van der Waals surface area contributed by atoms with Crippen LogP contribution in [0, 0.1) is 0 Å². The normalized spacial score (nSPS) is 17.4. The second-order valence-electron chi connectivity index (χ2n) is 5.67. The standard InChI is InChI=1S/C19H20N2O3/c1-20-17(13-5-9-15(23-3)10-6-13)18(21(2)19(20)22)14-7-11-16(24-4)12-8-14/h5-12H,1-4H3/p+1. The molecule has 2 aromatic rings. The highest BCUT2D eigenvalue weighted by Gasteiger charge is 2.39. The molecule has 0 spiro atoms. The number of hydrogen-bond donors (Lipinski definition) is 1. The molecule has 1 aliphatic heterocycles. The molecule has 0 bridgehead atoms. The topological polar surface area (TPSA) is 43.2 Å². The van der Waals surface area contributed by atoms with Gasteiger partial charge in [-0.05, 0) is 48.5 Å². The highest BCUT2D eigenvalue weighted by molar-refractivity contribution is 5.99. The predicted molar refractivity (Wildman–Crippen MR) is 92.8 cm³/mol. The second kappa shape index (κ2) is 6.37. The number of rotatable bonds is 4. The van der Waals surface area contributed by atoms with Crippen LogP contribution in [0.5, 0.6) is 11.5 Å². The fraction of sp³-hybridized carbons (Fsp3) is 0.211. The van der Waals surface area contributed by atoms with Crippen molar-refractivity contribution in [2.24, 2.45) is 0 Å². The van der Waals surface area contributed by atoms with E-state index in [0.717, 1.165) is 38.9 Å². The molecule has 0 aliphatic carbocycles. The van der Waals surface area contributed by atoms with Gasteiger partial charge in [-0.25, -0.2) is 9.69 Å². The van der Waals surface area contributed by atoms with Crippen molar-refractivity contribution in [1.29, 1.82) is 0 Å². The summed E-state index contributed by atoms with van der Waals surface area (Å²) >= 11 is 0. The van der Waals surface area contributed by atoms with Crippen LogP contribution >= 0.6 is 0 Å². The van der Waals surface area contributed by atoms with Gasteiger partial charge in [-0.2, -0.15) is 0 Å². The summed E-state index contributed by atoms with van der Waals surface area (Å²) in [6, 6.07) is 15.5. The number of ether oxygens (including phenoxy) is 2. The maximum atomic E-state index is 12.5. The number of carbonyl (C=O) groups is 1. The number of carbonyl (C=O) groups excluding carboxylic acids is 1. The Morgan fingerprint density at radius 3 is 1.75 bits per heavy atom. The molecule has 124 valence electrons. The van der Waals surface area contributed by atoms with E-state index >= 15 is 0 Å². The quantitative estimate of drug-likeness (QED) is 0.936. The molecule has 5 nitrogen and oxygen atoms in total. The first kappa shape index (κ1) is 16.1. The van der Waals surface area contributed by atoms with Gasteiger partial charge in [0.2, 0.25) is 0 Å². The molecule has 5 heteroatoms. The molecule has 2 amide bonds. The Kier molecular flexibility index (Phi) is 4.27. The minimum atomic E-state index is 0.0200. The number of hydrogen-bond acceptors (Lipinski definition) is 3. The average Bonchev–Trinajstić information content (AvgIpc) is 2.86. The molecule has 0 aromatic heterocycles. The molecule has 1 N–H and O–H groups in total. The second-order valence-corrected chi connectivity index (χ2v) is 5.67. The van der Waals surface area contributed by atoms with E-state index < -0.39 is 0 Å². The molecule has 1 unspecified atom stereocenters. The van der Waals surface area contributed by atoms with Gasteiger partial charge in [-0.15, -0.1) is 0 Å². The summed E-state index contributed by atoms with van der Waals surface area (Å²) in [5.41, 5.74) is 3.84. The van der Waals surface area contributed by atoms with Crippen molar-refractivity contribution in [2.45, 2.75) is 0 Å². The lowest BCUT2D eigenvalue weighted by atomic mass is 10.0. The van der Waals surface area contributed by atoms with Crippen LogP contribution in [0.1, 0.15) is 11.1 Å². The monoisotopic (exact) mass is 325 g/mol. The number of nitrogens with zero attached hydrogens (tertiary/aromatic N) is 1. The first-order valence-corrected chi connectivity index (χ1v) is 7.72. The van der Waals surface area contributed by atoms with Gasteiger partial charge in [0.05, 0.1) is 21.3 Å². The number of nitrogens with one attached hydrogen (secondary N) is 1. The first-order chi connectivity index (χ1) is 11.6. The van der Waals surface area contributed by atoms with Crippen molar-refractivity contribution < 1.29 is 19.2 Å². The molecule has 24 heavy (non-hydrogen) atoms. The van der Waals surface area contributed by atoms with Gasteiger partial charge >= 0.3 is 6.03 Å². The third-order valence-corrected chi connectivity index (χ3v) is 4.31. The SMILES string of the molecule is COc1ccc(C2=C(c3ccc(OC)cc3)[NH+](C)C(=O)N2C)cc1. The van der Waals surface area contributed by atoms with Gasteiger partial charge in [0.25, 0.3) is 0 Å². The molecule has 0 saturated carbocycles. The maximum absolute atomic E-state index is 12.5. The van der Waals surface area contributed by atoms with Crippen LogP contribution in [0.2, 0.25) is 0 Å². The fourth-order valence-corrected chi connectivity index (χ4v) is 3.00. The van der Waals surface area contributed by atoms with Crippen LogP contribution in [-0.4, -0.2) is 39.2 Å². The van der Waals surface area contributed by atoms with Crippen molar-refractivity contribution in [1.82, 2.24) is 4.90 Å². The molecule has 3 rings (SSSR count). The van der Waals surface area contributed by atoms with E-state index in [0.29, 0.717) is 0 Å². The summed E-state index contributed by atoms with van der Waals surface area (Å²) in [5, 5.41) is 0. The molecule has 0 fully saturated rings. The van der Waals surface area contributed by atoms with Gasteiger partial charge in [-0.1, -0.05) is 0 Å². The molecule has 1 atom stereocenters. The number of urea groups is 1. The lowest BCUT2D eigenvalue weighted by Crippen LogP contribution is -3.08. The summed E-state index contributed by atoms with van der Waals surface area (Å²) in [6.45, 7) is 0. The van der Waals surface area contributed by atoms with Crippen LogP contribution in [0.4, 0.5) is 4.79 Å². The van der Waals surface area contributed by atoms with Crippen LogP contribution < -0.4 is 14.4 Å². The number of amides is 2. The fourth-order valence-electron chi connectivity index (χ4n) is 3.00. The Hall–Kier alpha value is -2.79. The van der Waals surface area contributed by atoms with Crippen LogP contribution in [0.15, 0.2) is 48.5 Å². The number of benzene rings is 2. The Morgan fingerprint density at radius 1 is 0.833 bits per heavy atom. The van der Waals surface area contributed by atoms with Crippen LogP contribution in [0.25, 0.3) is 11.4 Å². The highest BCUT2D eigenvalue weighted by atomic mass is 16.5. The summed E-state index contributed by atoms with van der Waals surface area (Å²) in [4.78, 5) is 15.0. The van der Waals surface area contributed by atoms with Gasteiger partial charge in [0.1, 0.15) is 17.2 Å². The summed E-state index contributed by atoms with van der Waals surface area (Å²) in [5.74, 6) is 1.58. The molecule has 0 saturated heterocycles. The van der Waals surface area contributed by atoms with Crippen molar-refractivity contribution in [3.8, 4) is 11.5 Å². The maximum Gasteiger partial charge on any atom is 0.426 e. The Balaban J connectivity index is 2.13. The van der Waals surface area contributed by atoms with Gasteiger partial charge in [-0.3, -0.25) is 4.90 Å². The van der Waals surface area contributed by atoms with E-state index in [-0.39, 0.29) is 6.03 Å². The van der Waals surface area contributed by atoms with Crippen molar-refractivity contribution in [3.63, 3.8) is 0 Å². The molecule has 1 aliphatic rings. The number of methoxy groups -OCH3 is 2. The lowest BCUT2D eigenvalue weighted by molar-refractivity contribution is -0.707. The van der Waals surface area contributed by atoms with E-state index in [9.17, 15) is 4.79 Å². The molecule has 1 heterocycles. The van der Waals surface area contributed by atoms with Crippen LogP contribution in [-0.2, 0) is 0 Å².